The molecule has 3 atom stereocenters. The van der Waals surface area contributed by atoms with E-state index in [1.165, 1.54) is 19.3 Å². The quantitative estimate of drug-likeness (QED) is 0.586. The van der Waals surface area contributed by atoms with Crippen LogP contribution in [-0.4, -0.2) is 43.1 Å². The number of hydrogen-bond acceptors (Lipinski definition) is 4. The fourth-order valence-electron chi connectivity index (χ4n) is 4.21. The van der Waals surface area contributed by atoms with Crippen LogP contribution in [0.5, 0.6) is 0 Å². The first-order chi connectivity index (χ1) is 9.76. The number of methoxy groups -OCH3 is 1. The predicted molar refractivity (Wildman–Crippen MR) is 72.7 cm³/mol. The highest BCUT2D eigenvalue weighted by atomic mass is 16.7. The average Bonchev–Trinajstić information content (AvgIpc) is 2.48. The minimum atomic E-state index is -0.0135. The summed E-state index contributed by atoms with van der Waals surface area (Å²) in [5.74, 6) is 0.800. The molecular weight excluding hydrogens is 258 g/mol. The van der Waals surface area contributed by atoms with Crippen molar-refractivity contribution in [2.24, 2.45) is 5.92 Å². The largest absolute Gasteiger partial charge is 0.359 e. The van der Waals surface area contributed by atoms with Crippen LogP contribution in [-0.2, 0) is 19.1 Å². The summed E-state index contributed by atoms with van der Waals surface area (Å²) in [6, 6.07) is 0. The van der Waals surface area contributed by atoms with Crippen LogP contribution in [0.15, 0.2) is 0 Å². The van der Waals surface area contributed by atoms with Crippen molar-refractivity contribution >= 4 is 5.91 Å². The monoisotopic (exact) mass is 283 g/mol. The zero-order chi connectivity index (χ0) is 14.0. The summed E-state index contributed by atoms with van der Waals surface area (Å²) in [5.41, 5.74) is -0.00859. The number of amides is 1. The summed E-state index contributed by atoms with van der Waals surface area (Å²) in [4.78, 5) is 18.3. The van der Waals surface area contributed by atoms with Gasteiger partial charge in [0.2, 0.25) is 5.91 Å². The van der Waals surface area contributed by atoms with Gasteiger partial charge in [-0.2, -0.15) is 0 Å². The highest BCUT2D eigenvalue weighted by molar-refractivity contribution is 5.77. The van der Waals surface area contributed by atoms with Gasteiger partial charge in [0.1, 0.15) is 12.9 Å². The van der Waals surface area contributed by atoms with Crippen LogP contribution in [0.1, 0.15) is 51.4 Å². The van der Waals surface area contributed by atoms with Gasteiger partial charge in [-0.1, -0.05) is 12.8 Å². The van der Waals surface area contributed by atoms with Crippen molar-refractivity contribution in [1.29, 1.82) is 0 Å². The SMILES string of the molecule is COCOC[C@H]1CC[C@@]23CCCC[C@H]2CCC(=O)N3O1. The van der Waals surface area contributed by atoms with Gasteiger partial charge in [-0.25, -0.2) is 5.06 Å². The van der Waals surface area contributed by atoms with E-state index in [2.05, 4.69) is 0 Å². The Morgan fingerprint density at radius 3 is 3.05 bits per heavy atom. The van der Waals surface area contributed by atoms with Crippen LogP contribution >= 0.6 is 0 Å². The highest BCUT2D eigenvalue weighted by Crippen LogP contribution is 2.49. The van der Waals surface area contributed by atoms with Gasteiger partial charge >= 0.3 is 0 Å². The number of carbonyl (C=O) groups excluding carboxylic acids is 1. The van der Waals surface area contributed by atoms with Crippen LogP contribution in [0.3, 0.4) is 0 Å². The van der Waals surface area contributed by atoms with Crippen LogP contribution in [0, 0.1) is 5.92 Å². The maximum Gasteiger partial charge on any atom is 0.246 e. The van der Waals surface area contributed by atoms with Gasteiger partial charge in [-0.05, 0) is 38.0 Å². The summed E-state index contributed by atoms with van der Waals surface area (Å²) < 4.78 is 10.3. The van der Waals surface area contributed by atoms with Gasteiger partial charge in [-0.15, -0.1) is 0 Å². The second-order valence-electron chi connectivity index (χ2n) is 6.32. The van der Waals surface area contributed by atoms with E-state index in [1.54, 1.807) is 12.2 Å². The topological polar surface area (TPSA) is 48.0 Å². The Hall–Kier alpha value is -0.650. The molecule has 1 amide bonds. The second kappa shape index (κ2) is 6.00. The third-order valence-electron chi connectivity index (χ3n) is 5.17. The van der Waals surface area contributed by atoms with E-state index in [1.807, 2.05) is 0 Å². The van der Waals surface area contributed by atoms with E-state index in [9.17, 15) is 4.79 Å². The lowest BCUT2D eigenvalue weighted by Gasteiger charge is -2.56. The molecule has 1 saturated carbocycles. The molecule has 114 valence electrons. The Bertz CT molecular complexity index is 362. The van der Waals surface area contributed by atoms with Gasteiger partial charge < -0.3 is 9.47 Å². The van der Waals surface area contributed by atoms with Crippen LogP contribution < -0.4 is 0 Å². The molecule has 1 aliphatic carbocycles. The molecule has 2 heterocycles. The van der Waals surface area contributed by atoms with Gasteiger partial charge in [0.15, 0.2) is 0 Å². The molecule has 0 aromatic rings. The molecule has 3 fully saturated rings. The number of nitrogens with zero attached hydrogens (tertiary/aromatic N) is 1. The van der Waals surface area contributed by atoms with E-state index >= 15 is 0 Å². The number of carbonyl (C=O) groups is 1. The molecule has 0 aromatic heterocycles. The average molecular weight is 283 g/mol. The Morgan fingerprint density at radius 1 is 1.30 bits per heavy atom. The molecule has 0 radical (unpaired) electrons. The van der Waals surface area contributed by atoms with E-state index < -0.39 is 0 Å². The highest BCUT2D eigenvalue weighted by Gasteiger charge is 2.53. The van der Waals surface area contributed by atoms with Crippen LogP contribution in [0.25, 0.3) is 0 Å². The molecule has 0 unspecified atom stereocenters. The Labute approximate surface area is 120 Å². The molecule has 20 heavy (non-hydrogen) atoms. The molecular formula is C15H25NO4. The first kappa shape index (κ1) is 14.3. The molecule has 0 bridgehead atoms. The number of hydrogen-bond donors (Lipinski definition) is 0. The molecule has 5 nitrogen and oxygen atoms in total. The molecule has 5 heteroatoms. The van der Waals surface area contributed by atoms with Gasteiger partial charge in [0.25, 0.3) is 0 Å². The summed E-state index contributed by atoms with van der Waals surface area (Å²) in [7, 11) is 1.61. The first-order valence-corrected chi connectivity index (χ1v) is 7.83. The molecule has 3 rings (SSSR count). The van der Waals surface area contributed by atoms with Crippen molar-refractivity contribution in [2.75, 3.05) is 20.5 Å². The zero-order valence-corrected chi connectivity index (χ0v) is 12.3. The summed E-state index contributed by atoms with van der Waals surface area (Å²) >= 11 is 0. The van der Waals surface area contributed by atoms with Crippen LogP contribution in [0.4, 0.5) is 0 Å². The zero-order valence-electron chi connectivity index (χ0n) is 12.3. The Morgan fingerprint density at radius 2 is 2.20 bits per heavy atom. The lowest BCUT2D eigenvalue weighted by Crippen LogP contribution is -2.64. The minimum Gasteiger partial charge on any atom is -0.359 e. The van der Waals surface area contributed by atoms with Crippen molar-refractivity contribution in [1.82, 2.24) is 5.06 Å². The predicted octanol–water partition coefficient (Wildman–Crippen LogP) is 2.25. The first-order valence-electron chi connectivity index (χ1n) is 7.83. The Kier molecular flexibility index (Phi) is 4.29. The van der Waals surface area contributed by atoms with E-state index in [0.717, 1.165) is 25.7 Å². The van der Waals surface area contributed by atoms with Gasteiger partial charge in [0.05, 0.1) is 12.1 Å². The minimum absolute atomic E-state index is 0.00859. The molecule has 0 N–H and O–H groups in total. The lowest BCUT2D eigenvalue weighted by atomic mass is 9.65. The molecule has 2 aliphatic heterocycles. The summed E-state index contributed by atoms with van der Waals surface area (Å²) in [5, 5.41) is 1.75. The van der Waals surface area contributed by atoms with Crippen molar-refractivity contribution in [2.45, 2.75) is 63.0 Å². The van der Waals surface area contributed by atoms with Crippen molar-refractivity contribution < 1.29 is 19.1 Å². The second-order valence-corrected chi connectivity index (χ2v) is 6.32. The molecule has 2 saturated heterocycles. The van der Waals surface area contributed by atoms with E-state index in [0.29, 0.717) is 18.9 Å². The molecule has 1 spiro atoms. The van der Waals surface area contributed by atoms with Crippen molar-refractivity contribution in [3.8, 4) is 0 Å². The van der Waals surface area contributed by atoms with E-state index in [-0.39, 0.29) is 24.3 Å². The van der Waals surface area contributed by atoms with Crippen molar-refractivity contribution in [3.05, 3.63) is 0 Å². The standard InChI is InChI=1S/C15H25NO4/c1-18-11-19-10-13-7-9-15-8-3-2-4-12(15)5-6-14(17)16(15)20-13/h12-13H,2-11H2,1H3/t12-,13+,15-/m0/s1. The number of hydroxylamine groups is 2. The smallest absolute Gasteiger partial charge is 0.246 e. The number of ether oxygens (including phenoxy) is 2. The van der Waals surface area contributed by atoms with E-state index in [4.69, 9.17) is 14.3 Å². The van der Waals surface area contributed by atoms with Gasteiger partial charge in [0, 0.05) is 13.5 Å². The Balaban J connectivity index is 1.68. The number of rotatable bonds is 4. The van der Waals surface area contributed by atoms with Crippen molar-refractivity contribution in [3.63, 3.8) is 0 Å². The third-order valence-corrected chi connectivity index (χ3v) is 5.17. The maximum absolute atomic E-state index is 12.3. The number of piperidine rings is 1. The third kappa shape index (κ3) is 2.47. The normalized spacial score (nSPS) is 37.5. The molecule has 3 aliphatic rings. The maximum atomic E-state index is 12.3. The fourth-order valence-corrected chi connectivity index (χ4v) is 4.21. The molecule has 0 aromatic carbocycles. The summed E-state index contributed by atoms with van der Waals surface area (Å²) in [6.45, 7) is 0.778. The fraction of sp³-hybridized carbons (Fsp3) is 0.933. The summed E-state index contributed by atoms with van der Waals surface area (Å²) in [6.07, 6.45) is 8.58. The lowest BCUT2D eigenvalue weighted by molar-refractivity contribution is -0.301. The van der Waals surface area contributed by atoms with Crippen LogP contribution in [0.2, 0.25) is 0 Å². The van der Waals surface area contributed by atoms with Gasteiger partial charge in [-0.3, -0.25) is 9.63 Å².